The van der Waals surface area contributed by atoms with Crippen LogP contribution in [0.5, 0.6) is 11.8 Å². The fourth-order valence-corrected chi connectivity index (χ4v) is 2.42. The fourth-order valence-electron chi connectivity index (χ4n) is 2.42. The minimum absolute atomic E-state index is 0.525. The van der Waals surface area contributed by atoms with Crippen LogP contribution in [0.4, 0.5) is 5.95 Å². The molecule has 0 N–H and O–H groups in total. The van der Waals surface area contributed by atoms with E-state index in [2.05, 4.69) is 26.8 Å². The first-order chi connectivity index (χ1) is 9.12. The van der Waals surface area contributed by atoms with Crippen LogP contribution in [0.1, 0.15) is 6.42 Å². The van der Waals surface area contributed by atoms with E-state index in [1.807, 2.05) is 7.05 Å². The molecule has 19 heavy (non-hydrogen) atoms. The molecule has 1 aliphatic heterocycles. The van der Waals surface area contributed by atoms with Crippen molar-refractivity contribution in [2.24, 2.45) is 5.92 Å². The molecule has 1 fully saturated rings. The van der Waals surface area contributed by atoms with Crippen molar-refractivity contribution in [3.8, 4) is 11.8 Å². The van der Waals surface area contributed by atoms with Gasteiger partial charge in [-0.25, -0.2) is 0 Å². The lowest BCUT2D eigenvalue weighted by molar-refractivity contribution is 0.370. The second-order valence-electron chi connectivity index (χ2n) is 5.05. The highest BCUT2D eigenvalue weighted by Gasteiger charge is 2.22. The van der Waals surface area contributed by atoms with Gasteiger partial charge in [-0.3, -0.25) is 0 Å². The Morgan fingerprint density at radius 2 is 1.95 bits per heavy atom. The molecule has 1 aromatic rings. The van der Waals surface area contributed by atoms with Crippen LogP contribution in [0.15, 0.2) is 6.07 Å². The highest BCUT2D eigenvalue weighted by molar-refractivity contribution is 5.35. The molecule has 6 heteroatoms. The molecule has 0 radical (unpaired) electrons. The Balaban J connectivity index is 2.07. The van der Waals surface area contributed by atoms with Crippen LogP contribution in [0.2, 0.25) is 0 Å². The Morgan fingerprint density at radius 3 is 2.42 bits per heavy atom. The summed E-state index contributed by atoms with van der Waals surface area (Å²) in [5.74, 6) is 2.36. The van der Waals surface area contributed by atoms with Crippen LogP contribution < -0.4 is 14.4 Å². The second kappa shape index (κ2) is 6.06. The molecule has 0 amide bonds. The smallest absolute Gasteiger partial charge is 0.231 e. The second-order valence-corrected chi connectivity index (χ2v) is 5.05. The number of likely N-dealkylation sites (tertiary alicyclic amines) is 1. The lowest BCUT2D eigenvalue weighted by Crippen LogP contribution is -2.28. The zero-order valence-corrected chi connectivity index (χ0v) is 12.1. The standard InChI is InChI=1S/C13H22N4O2/c1-16-6-5-10(8-16)9-17(2)13-14-11(18-3)7-12(15-13)19-4/h7,10H,5-6,8-9H2,1-4H3. The lowest BCUT2D eigenvalue weighted by Gasteiger charge is -2.21. The average molecular weight is 266 g/mol. The van der Waals surface area contributed by atoms with Gasteiger partial charge in [-0.15, -0.1) is 0 Å². The normalized spacial score (nSPS) is 19.5. The van der Waals surface area contributed by atoms with E-state index in [1.165, 1.54) is 13.0 Å². The third kappa shape index (κ3) is 3.47. The molecular weight excluding hydrogens is 244 g/mol. The number of hydrogen-bond donors (Lipinski definition) is 0. The van der Waals surface area contributed by atoms with E-state index < -0.39 is 0 Å². The van der Waals surface area contributed by atoms with Crippen molar-refractivity contribution in [3.63, 3.8) is 0 Å². The molecule has 0 bridgehead atoms. The lowest BCUT2D eigenvalue weighted by atomic mass is 10.1. The number of hydrogen-bond acceptors (Lipinski definition) is 6. The van der Waals surface area contributed by atoms with Crippen molar-refractivity contribution in [2.45, 2.75) is 6.42 Å². The summed E-state index contributed by atoms with van der Waals surface area (Å²) in [4.78, 5) is 13.1. The van der Waals surface area contributed by atoms with Gasteiger partial charge < -0.3 is 19.3 Å². The number of ether oxygens (including phenoxy) is 2. The van der Waals surface area contributed by atoms with Crippen molar-refractivity contribution in [3.05, 3.63) is 6.07 Å². The largest absolute Gasteiger partial charge is 0.481 e. The summed E-state index contributed by atoms with van der Waals surface area (Å²) in [6.45, 7) is 3.24. The molecule has 6 nitrogen and oxygen atoms in total. The first kappa shape index (κ1) is 13.9. The predicted molar refractivity (Wildman–Crippen MR) is 74.0 cm³/mol. The number of methoxy groups -OCH3 is 2. The summed E-state index contributed by atoms with van der Waals surface area (Å²) in [6.07, 6.45) is 1.22. The third-order valence-corrected chi connectivity index (χ3v) is 3.45. The minimum Gasteiger partial charge on any atom is -0.481 e. The van der Waals surface area contributed by atoms with Gasteiger partial charge in [0.2, 0.25) is 17.7 Å². The summed E-state index contributed by atoms with van der Waals surface area (Å²) in [5, 5.41) is 0. The Labute approximate surface area is 114 Å². The maximum Gasteiger partial charge on any atom is 0.231 e. The van der Waals surface area contributed by atoms with Crippen LogP contribution in [0, 0.1) is 5.92 Å². The zero-order valence-electron chi connectivity index (χ0n) is 12.1. The number of aromatic nitrogens is 2. The summed E-state index contributed by atoms with van der Waals surface area (Å²) >= 11 is 0. The van der Waals surface area contributed by atoms with Gasteiger partial charge in [-0.1, -0.05) is 0 Å². The zero-order chi connectivity index (χ0) is 13.8. The van der Waals surface area contributed by atoms with Crippen molar-refractivity contribution < 1.29 is 9.47 Å². The molecule has 1 saturated heterocycles. The molecule has 2 heterocycles. The maximum absolute atomic E-state index is 5.17. The van der Waals surface area contributed by atoms with Gasteiger partial charge in [0.25, 0.3) is 0 Å². The Bertz CT molecular complexity index is 405. The van der Waals surface area contributed by atoms with E-state index in [9.17, 15) is 0 Å². The van der Waals surface area contributed by atoms with Gasteiger partial charge in [0, 0.05) is 20.1 Å². The quantitative estimate of drug-likeness (QED) is 0.788. The molecule has 1 aromatic heterocycles. The maximum atomic E-state index is 5.17. The average Bonchev–Trinajstić information content (AvgIpc) is 2.83. The van der Waals surface area contributed by atoms with Crippen molar-refractivity contribution >= 4 is 5.95 Å². The third-order valence-electron chi connectivity index (χ3n) is 3.45. The summed E-state index contributed by atoms with van der Waals surface area (Å²) in [6, 6.07) is 1.68. The van der Waals surface area contributed by atoms with E-state index in [4.69, 9.17) is 9.47 Å². The van der Waals surface area contributed by atoms with Crippen molar-refractivity contribution in [1.82, 2.24) is 14.9 Å². The van der Waals surface area contributed by atoms with E-state index in [-0.39, 0.29) is 0 Å². The Hall–Kier alpha value is -1.56. The van der Waals surface area contributed by atoms with Crippen LogP contribution in [-0.4, -0.2) is 62.8 Å². The highest BCUT2D eigenvalue weighted by Crippen LogP contribution is 2.22. The molecule has 1 unspecified atom stereocenters. The first-order valence-corrected chi connectivity index (χ1v) is 6.49. The molecule has 0 aliphatic carbocycles. The fraction of sp³-hybridized carbons (Fsp3) is 0.692. The monoisotopic (exact) mass is 266 g/mol. The van der Waals surface area contributed by atoms with Gasteiger partial charge in [-0.2, -0.15) is 9.97 Å². The van der Waals surface area contributed by atoms with Crippen LogP contribution in [0.3, 0.4) is 0 Å². The van der Waals surface area contributed by atoms with Gasteiger partial charge in [0.05, 0.1) is 20.3 Å². The van der Waals surface area contributed by atoms with Gasteiger partial charge in [0.1, 0.15) is 0 Å². The van der Waals surface area contributed by atoms with E-state index >= 15 is 0 Å². The SMILES string of the molecule is COc1cc(OC)nc(N(C)CC2CCN(C)C2)n1. The molecule has 106 valence electrons. The van der Waals surface area contributed by atoms with Gasteiger partial charge >= 0.3 is 0 Å². The molecule has 2 rings (SSSR count). The summed E-state index contributed by atoms with van der Waals surface area (Å²) < 4.78 is 10.3. The minimum atomic E-state index is 0.525. The Morgan fingerprint density at radius 1 is 1.32 bits per heavy atom. The highest BCUT2D eigenvalue weighted by atomic mass is 16.5. The molecular formula is C13H22N4O2. The van der Waals surface area contributed by atoms with E-state index in [0.29, 0.717) is 23.6 Å². The number of nitrogens with zero attached hydrogens (tertiary/aromatic N) is 4. The predicted octanol–water partition coefficient (Wildman–Crippen LogP) is 0.882. The van der Waals surface area contributed by atoms with Crippen molar-refractivity contribution in [2.75, 3.05) is 52.8 Å². The van der Waals surface area contributed by atoms with E-state index in [0.717, 1.165) is 13.1 Å². The van der Waals surface area contributed by atoms with Gasteiger partial charge in [-0.05, 0) is 25.9 Å². The van der Waals surface area contributed by atoms with Gasteiger partial charge in [0.15, 0.2) is 0 Å². The topological polar surface area (TPSA) is 50.7 Å². The summed E-state index contributed by atoms with van der Waals surface area (Å²) in [7, 11) is 7.35. The molecule has 0 saturated carbocycles. The molecule has 0 spiro atoms. The van der Waals surface area contributed by atoms with Crippen LogP contribution in [-0.2, 0) is 0 Å². The number of rotatable bonds is 5. The van der Waals surface area contributed by atoms with Crippen LogP contribution in [0.25, 0.3) is 0 Å². The molecule has 0 aromatic carbocycles. The van der Waals surface area contributed by atoms with Crippen molar-refractivity contribution in [1.29, 1.82) is 0 Å². The number of anilines is 1. The Kier molecular flexibility index (Phi) is 4.42. The van der Waals surface area contributed by atoms with Crippen LogP contribution >= 0.6 is 0 Å². The molecule has 1 atom stereocenters. The summed E-state index contributed by atoms with van der Waals surface area (Å²) in [5.41, 5.74) is 0. The van der Waals surface area contributed by atoms with E-state index in [1.54, 1.807) is 20.3 Å². The molecule has 1 aliphatic rings. The first-order valence-electron chi connectivity index (χ1n) is 6.49.